The molecular weight excluding hydrogens is 358 g/mol. The average molecular weight is 387 g/mol. The maximum atomic E-state index is 12.7. The van der Waals surface area contributed by atoms with Crippen molar-refractivity contribution in [2.45, 2.75) is 32.2 Å². The summed E-state index contributed by atoms with van der Waals surface area (Å²) in [4.78, 5) is 39.1. The number of carbonyl (C=O) groups is 3. The first-order chi connectivity index (χ1) is 13.5. The number of hydrogen-bond acceptors (Lipinski definition) is 4. The van der Waals surface area contributed by atoms with Gasteiger partial charge in [-0.1, -0.05) is 13.0 Å². The zero-order valence-electron chi connectivity index (χ0n) is 16.6. The van der Waals surface area contributed by atoms with Gasteiger partial charge in [-0.25, -0.2) is 0 Å². The number of piperidine rings is 1. The minimum atomic E-state index is -0.659. The fourth-order valence-electron chi connectivity index (χ4n) is 3.35. The number of hydrogen-bond donors (Lipinski definition) is 2. The molecule has 1 aliphatic heterocycles. The SMILES string of the molecule is C=CCNC(=O)C(NC(=O)c1ccc(OC)cc1)C1CCN(C(=O)CC)CC1. The molecule has 1 aromatic carbocycles. The Kier molecular flexibility index (Phi) is 8.04. The van der Waals surface area contributed by atoms with E-state index in [-0.39, 0.29) is 23.6 Å². The molecule has 152 valence electrons. The maximum Gasteiger partial charge on any atom is 0.251 e. The Labute approximate surface area is 166 Å². The molecule has 0 radical (unpaired) electrons. The van der Waals surface area contributed by atoms with Crippen molar-refractivity contribution < 1.29 is 19.1 Å². The highest BCUT2D eigenvalue weighted by molar-refractivity contribution is 5.97. The van der Waals surface area contributed by atoms with E-state index in [9.17, 15) is 14.4 Å². The summed E-state index contributed by atoms with van der Waals surface area (Å²) < 4.78 is 5.11. The Morgan fingerprint density at radius 1 is 1.25 bits per heavy atom. The van der Waals surface area contributed by atoms with E-state index in [1.807, 2.05) is 11.8 Å². The van der Waals surface area contributed by atoms with Gasteiger partial charge in [-0.3, -0.25) is 14.4 Å². The molecule has 0 saturated carbocycles. The second-order valence-corrected chi connectivity index (χ2v) is 6.79. The van der Waals surface area contributed by atoms with Crippen LogP contribution >= 0.6 is 0 Å². The van der Waals surface area contributed by atoms with Crippen LogP contribution in [0.2, 0.25) is 0 Å². The fraction of sp³-hybridized carbons (Fsp3) is 0.476. The number of amides is 3. The molecule has 3 amide bonds. The third kappa shape index (κ3) is 5.58. The van der Waals surface area contributed by atoms with Gasteiger partial charge in [-0.2, -0.15) is 0 Å². The van der Waals surface area contributed by atoms with Gasteiger partial charge in [0, 0.05) is 31.6 Å². The molecule has 7 heteroatoms. The van der Waals surface area contributed by atoms with Crippen LogP contribution in [-0.2, 0) is 9.59 Å². The molecule has 28 heavy (non-hydrogen) atoms. The second kappa shape index (κ2) is 10.5. The lowest BCUT2D eigenvalue weighted by Gasteiger charge is -2.35. The van der Waals surface area contributed by atoms with Crippen LogP contribution in [0.15, 0.2) is 36.9 Å². The number of nitrogens with zero attached hydrogens (tertiary/aromatic N) is 1. The predicted octanol–water partition coefficient (Wildman–Crippen LogP) is 1.74. The third-order valence-corrected chi connectivity index (χ3v) is 5.01. The second-order valence-electron chi connectivity index (χ2n) is 6.79. The van der Waals surface area contributed by atoms with Crippen molar-refractivity contribution in [1.82, 2.24) is 15.5 Å². The highest BCUT2D eigenvalue weighted by Crippen LogP contribution is 2.22. The van der Waals surface area contributed by atoms with E-state index in [4.69, 9.17) is 4.74 Å². The number of carbonyl (C=O) groups excluding carboxylic acids is 3. The molecule has 1 fully saturated rings. The smallest absolute Gasteiger partial charge is 0.251 e. The number of ether oxygens (including phenoxy) is 1. The van der Waals surface area contributed by atoms with Crippen LogP contribution in [0.4, 0.5) is 0 Å². The van der Waals surface area contributed by atoms with Crippen molar-refractivity contribution in [3.05, 3.63) is 42.5 Å². The average Bonchev–Trinajstić information content (AvgIpc) is 2.75. The lowest BCUT2D eigenvalue weighted by atomic mass is 9.88. The van der Waals surface area contributed by atoms with Crippen LogP contribution in [0.1, 0.15) is 36.5 Å². The zero-order chi connectivity index (χ0) is 20.5. The molecule has 1 unspecified atom stereocenters. The molecule has 1 aliphatic rings. The van der Waals surface area contributed by atoms with Gasteiger partial charge < -0.3 is 20.3 Å². The summed E-state index contributed by atoms with van der Waals surface area (Å²) in [6.45, 7) is 6.98. The van der Waals surface area contributed by atoms with Crippen molar-refractivity contribution in [2.75, 3.05) is 26.7 Å². The minimum Gasteiger partial charge on any atom is -0.497 e. The fourth-order valence-corrected chi connectivity index (χ4v) is 3.35. The number of nitrogens with one attached hydrogen (secondary N) is 2. The number of rotatable bonds is 8. The van der Waals surface area contributed by atoms with Gasteiger partial charge in [0.15, 0.2) is 0 Å². The van der Waals surface area contributed by atoms with Crippen LogP contribution < -0.4 is 15.4 Å². The van der Waals surface area contributed by atoms with Gasteiger partial charge in [0.1, 0.15) is 11.8 Å². The molecule has 1 heterocycles. The highest BCUT2D eigenvalue weighted by Gasteiger charge is 2.33. The minimum absolute atomic E-state index is 0.0343. The third-order valence-electron chi connectivity index (χ3n) is 5.01. The van der Waals surface area contributed by atoms with E-state index in [0.29, 0.717) is 50.2 Å². The monoisotopic (exact) mass is 387 g/mol. The number of methoxy groups -OCH3 is 1. The van der Waals surface area contributed by atoms with E-state index >= 15 is 0 Å². The van der Waals surface area contributed by atoms with Crippen LogP contribution in [0, 0.1) is 5.92 Å². The van der Waals surface area contributed by atoms with Crippen LogP contribution in [0.3, 0.4) is 0 Å². The summed E-state index contributed by atoms with van der Waals surface area (Å²) >= 11 is 0. The first-order valence-corrected chi connectivity index (χ1v) is 9.61. The summed E-state index contributed by atoms with van der Waals surface area (Å²) in [7, 11) is 1.56. The van der Waals surface area contributed by atoms with Gasteiger partial charge >= 0.3 is 0 Å². The Morgan fingerprint density at radius 3 is 2.43 bits per heavy atom. The summed E-state index contributed by atoms with van der Waals surface area (Å²) in [6, 6.07) is 6.08. The summed E-state index contributed by atoms with van der Waals surface area (Å²) in [5, 5.41) is 5.66. The van der Waals surface area contributed by atoms with E-state index in [2.05, 4.69) is 17.2 Å². The van der Waals surface area contributed by atoms with Crippen molar-refractivity contribution in [2.24, 2.45) is 5.92 Å². The molecule has 0 aliphatic carbocycles. The zero-order valence-corrected chi connectivity index (χ0v) is 16.6. The Balaban J connectivity index is 2.08. The van der Waals surface area contributed by atoms with Gasteiger partial charge in [-0.05, 0) is 43.0 Å². The first-order valence-electron chi connectivity index (χ1n) is 9.61. The largest absolute Gasteiger partial charge is 0.497 e. The normalized spacial score (nSPS) is 15.4. The first kappa shape index (κ1) is 21.5. The van der Waals surface area contributed by atoms with Gasteiger partial charge in [0.25, 0.3) is 5.91 Å². The van der Waals surface area contributed by atoms with Crippen molar-refractivity contribution >= 4 is 17.7 Å². The van der Waals surface area contributed by atoms with Crippen LogP contribution in [-0.4, -0.2) is 55.4 Å². The molecule has 7 nitrogen and oxygen atoms in total. The molecule has 1 saturated heterocycles. The molecule has 0 aromatic heterocycles. The van der Waals surface area contributed by atoms with E-state index in [1.54, 1.807) is 37.5 Å². The maximum absolute atomic E-state index is 12.7. The molecule has 0 spiro atoms. The van der Waals surface area contributed by atoms with Crippen LogP contribution in [0.5, 0.6) is 5.75 Å². The molecule has 1 aromatic rings. The topological polar surface area (TPSA) is 87.7 Å². The predicted molar refractivity (Wildman–Crippen MR) is 107 cm³/mol. The number of likely N-dealkylation sites (tertiary alicyclic amines) is 1. The molecular formula is C21H29N3O4. The van der Waals surface area contributed by atoms with Crippen molar-refractivity contribution in [3.8, 4) is 5.75 Å². The highest BCUT2D eigenvalue weighted by atomic mass is 16.5. The van der Waals surface area contributed by atoms with Crippen LogP contribution in [0.25, 0.3) is 0 Å². The van der Waals surface area contributed by atoms with Crippen molar-refractivity contribution in [1.29, 1.82) is 0 Å². The number of benzene rings is 1. The standard InChI is InChI=1S/C21H29N3O4/c1-4-12-22-21(27)19(15-10-13-24(14-11-15)18(25)5-2)23-20(26)16-6-8-17(28-3)9-7-16/h4,6-9,15,19H,1,5,10-14H2,2-3H3,(H,22,27)(H,23,26). The summed E-state index contributed by atoms with van der Waals surface area (Å²) in [6.07, 6.45) is 3.41. The van der Waals surface area contributed by atoms with Gasteiger partial charge in [0.2, 0.25) is 11.8 Å². The van der Waals surface area contributed by atoms with E-state index < -0.39 is 6.04 Å². The Hall–Kier alpha value is -2.83. The molecule has 2 rings (SSSR count). The summed E-state index contributed by atoms with van der Waals surface area (Å²) in [5.41, 5.74) is 0.459. The van der Waals surface area contributed by atoms with E-state index in [1.165, 1.54) is 0 Å². The quantitative estimate of drug-likeness (QED) is 0.665. The van der Waals surface area contributed by atoms with E-state index in [0.717, 1.165) is 0 Å². The Morgan fingerprint density at radius 2 is 1.89 bits per heavy atom. The summed E-state index contributed by atoms with van der Waals surface area (Å²) in [5.74, 6) is 0.196. The molecule has 2 N–H and O–H groups in total. The van der Waals surface area contributed by atoms with Gasteiger partial charge in [-0.15, -0.1) is 6.58 Å². The molecule has 0 bridgehead atoms. The lowest BCUT2D eigenvalue weighted by Crippen LogP contribution is -2.53. The molecule has 1 atom stereocenters. The lowest BCUT2D eigenvalue weighted by molar-refractivity contribution is -0.132. The van der Waals surface area contributed by atoms with Crippen molar-refractivity contribution in [3.63, 3.8) is 0 Å². The Bertz CT molecular complexity index is 694. The van der Waals surface area contributed by atoms with Gasteiger partial charge in [0.05, 0.1) is 7.11 Å².